The average Bonchev–Trinajstić information content (AvgIpc) is 3.15. The summed E-state index contributed by atoms with van der Waals surface area (Å²) in [6.45, 7) is -0.276. The van der Waals surface area contributed by atoms with Crippen molar-refractivity contribution in [2.75, 3.05) is 20.6 Å². The highest BCUT2D eigenvalue weighted by atomic mass is 32.2. The molecule has 3 rings (SSSR count). The first kappa shape index (κ1) is 21.2. The van der Waals surface area contributed by atoms with Gasteiger partial charge < -0.3 is 10.3 Å². The van der Waals surface area contributed by atoms with Crippen molar-refractivity contribution in [3.8, 4) is 0 Å². The molecule has 156 valence electrons. The Bertz CT molecular complexity index is 1200. The van der Waals surface area contributed by atoms with Gasteiger partial charge in [0, 0.05) is 42.3 Å². The van der Waals surface area contributed by atoms with Crippen LogP contribution in [-0.2, 0) is 14.8 Å². The molecule has 0 atom stereocenters. The fourth-order valence-corrected chi connectivity index (χ4v) is 3.57. The lowest BCUT2D eigenvalue weighted by atomic mass is 10.2. The number of H-pyrrole nitrogens is 1. The number of benzene rings is 2. The van der Waals surface area contributed by atoms with Crippen molar-refractivity contribution in [2.24, 2.45) is 5.10 Å². The lowest BCUT2D eigenvalue weighted by molar-refractivity contribution is -0.120. The van der Waals surface area contributed by atoms with Crippen LogP contribution in [0.4, 0.5) is 0 Å². The van der Waals surface area contributed by atoms with Gasteiger partial charge in [0.25, 0.3) is 11.8 Å². The van der Waals surface area contributed by atoms with Crippen molar-refractivity contribution in [3.63, 3.8) is 0 Å². The summed E-state index contributed by atoms with van der Waals surface area (Å²) in [4.78, 5) is 27.2. The van der Waals surface area contributed by atoms with Gasteiger partial charge in [-0.05, 0) is 30.3 Å². The lowest BCUT2D eigenvalue weighted by Gasteiger charge is -2.11. The topological polar surface area (TPSA) is 124 Å². The van der Waals surface area contributed by atoms with Gasteiger partial charge in [-0.3, -0.25) is 9.59 Å². The maximum Gasteiger partial charge on any atom is 0.259 e. The Morgan fingerprint density at radius 2 is 1.80 bits per heavy atom. The van der Waals surface area contributed by atoms with E-state index in [1.54, 1.807) is 6.20 Å². The number of carbonyl (C=O) groups excluding carboxylic acids is 2. The number of aromatic nitrogens is 1. The third-order valence-corrected chi connectivity index (χ3v) is 6.15. The number of carbonyl (C=O) groups is 2. The predicted molar refractivity (Wildman–Crippen MR) is 114 cm³/mol. The van der Waals surface area contributed by atoms with Gasteiger partial charge in [-0.2, -0.15) is 5.10 Å². The van der Waals surface area contributed by atoms with Crippen LogP contribution in [0.2, 0.25) is 0 Å². The van der Waals surface area contributed by atoms with E-state index in [-0.39, 0.29) is 17.0 Å². The first-order valence-electron chi connectivity index (χ1n) is 8.98. The summed E-state index contributed by atoms with van der Waals surface area (Å²) in [5.74, 6) is -0.995. The summed E-state index contributed by atoms with van der Waals surface area (Å²) < 4.78 is 25.2. The van der Waals surface area contributed by atoms with Gasteiger partial charge in [0.2, 0.25) is 10.0 Å². The molecule has 0 aliphatic heterocycles. The van der Waals surface area contributed by atoms with E-state index < -0.39 is 21.8 Å². The fourth-order valence-electron chi connectivity index (χ4n) is 2.67. The van der Waals surface area contributed by atoms with Crippen molar-refractivity contribution in [1.82, 2.24) is 20.0 Å². The Labute approximate surface area is 173 Å². The molecule has 2 aromatic carbocycles. The van der Waals surface area contributed by atoms with Crippen molar-refractivity contribution in [2.45, 2.75) is 4.90 Å². The van der Waals surface area contributed by atoms with Crippen LogP contribution in [0.3, 0.4) is 0 Å². The van der Waals surface area contributed by atoms with Crippen LogP contribution in [0.25, 0.3) is 10.9 Å². The summed E-state index contributed by atoms with van der Waals surface area (Å²) >= 11 is 0. The van der Waals surface area contributed by atoms with Crippen molar-refractivity contribution in [3.05, 3.63) is 65.9 Å². The normalized spacial score (nSPS) is 11.8. The molecular weight excluding hydrogens is 406 g/mol. The van der Waals surface area contributed by atoms with Gasteiger partial charge >= 0.3 is 0 Å². The first-order valence-corrected chi connectivity index (χ1v) is 10.4. The zero-order valence-corrected chi connectivity index (χ0v) is 17.2. The lowest BCUT2D eigenvalue weighted by Crippen LogP contribution is -2.34. The Morgan fingerprint density at radius 1 is 1.10 bits per heavy atom. The van der Waals surface area contributed by atoms with E-state index in [9.17, 15) is 18.0 Å². The standard InChI is InChI=1S/C20H21N5O4S/c1-25(2)30(28,29)16-9-7-14(8-10-16)20(27)22-13-19(26)24-23-12-15-11-21-18-6-4-3-5-17(15)18/h3-12,21H,13H2,1-2H3,(H,22,27)(H,24,26)/b23-12+. The van der Waals surface area contributed by atoms with Crippen LogP contribution in [0.5, 0.6) is 0 Å². The number of sulfonamides is 1. The quantitative estimate of drug-likeness (QED) is 0.388. The van der Waals surface area contributed by atoms with E-state index in [1.807, 2.05) is 24.3 Å². The Morgan fingerprint density at radius 3 is 2.50 bits per heavy atom. The number of hydrazone groups is 1. The maximum absolute atomic E-state index is 12.2. The molecule has 9 nitrogen and oxygen atoms in total. The van der Waals surface area contributed by atoms with Gasteiger partial charge in [-0.15, -0.1) is 0 Å². The highest BCUT2D eigenvalue weighted by Gasteiger charge is 2.17. The molecule has 0 radical (unpaired) electrons. The SMILES string of the molecule is CN(C)S(=O)(=O)c1ccc(C(=O)NCC(=O)N/N=C/c2c[nH]c3ccccc23)cc1. The summed E-state index contributed by atoms with van der Waals surface area (Å²) in [5.41, 5.74) is 4.37. The molecule has 30 heavy (non-hydrogen) atoms. The van der Waals surface area contributed by atoms with Crippen molar-refractivity contribution >= 4 is 39.0 Å². The number of nitrogens with zero attached hydrogens (tertiary/aromatic N) is 2. The fraction of sp³-hybridized carbons (Fsp3) is 0.150. The van der Waals surface area contributed by atoms with E-state index in [4.69, 9.17) is 0 Å². The maximum atomic E-state index is 12.2. The molecule has 0 aliphatic rings. The summed E-state index contributed by atoms with van der Waals surface area (Å²) in [6, 6.07) is 13.2. The smallest absolute Gasteiger partial charge is 0.259 e. The number of para-hydroxylation sites is 1. The number of aromatic amines is 1. The molecule has 3 aromatic rings. The zero-order chi connectivity index (χ0) is 21.7. The van der Waals surface area contributed by atoms with Crippen LogP contribution in [0.1, 0.15) is 15.9 Å². The number of hydrogen-bond donors (Lipinski definition) is 3. The third-order valence-electron chi connectivity index (χ3n) is 4.32. The zero-order valence-electron chi connectivity index (χ0n) is 16.4. The molecule has 1 aromatic heterocycles. The van der Waals surface area contributed by atoms with Gasteiger partial charge in [-0.1, -0.05) is 18.2 Å². The number of fused-ring (bicyclic) bond motifs is 1. The van der Waals surface area contributed by atoms with E-state index in [0.29, 0.717) is 0 Å². The summed E-state index contributed by atoms with van der Waals surface area (Å²) in [7, 11) is -0.716. The number of nitrogens with one attached hydrogen (secondary N) is 3. The first-order chi connectivity index (χ1) is 14.3. The molecule has 0 saturated heterocycles. The second kappa shape index (κ2) is 8.89. The number of rotatable bonds is 7. The van der Waals surface area contributed by atoms with Gasteiger partial charge in [0.05, 0.1) is 17.7 Å². The molecular formula is C20H21N5O4S. The summed E-state index contributed by atoms with van der Waals surface area (Å²) in [6.07, 6.45) is 3.30. The molecule has 0 bridgehead atoms. The minimum absolute atomic E-state index is 0.0772. The Hall–Kier alpha value is -3.50. The summed E-state index contributed by atoms with van der Waals surface area (Å²) in [5, 5.41) is 7.34. The Kier molecular flexibility index (Phi) is 6.28. The number of amides is 2. The molecule has 0 unspecified atom stereocenters. The van der Waals surface area contributed by atoms with E-state index >= 15 is 0 Å². The highest BCUT2D eigenvalue weighted by molar-refractivity contribution is 7.89. The van der Waals surface area contributed by atoms with Crippen molar-refractivity contribution in [1.29, 1.82) is 0 Å². The van der Waals surface area contributed by atoms with E-state index in [0.717, 1.165) is 20.8 Å². The van der Waals surface area contributed by atoms with Crippen LogP contribution >= 0.6 is 0 Å². The molecule has 0 aliphatic carbocycles. The molecule has 0 fully saturated rings. The van der Waals surface area contributed by atoms with Crippen LogP contribution in [0.15, 0.2) is 64.7 Å². The van der Waals surface area contributed by atoms with Gasteiger partial charge in [0.15, 0.2) is 0 Å². The van der Waals surface area contributed by atoms with Crippen LogP contribution in [0, 0.1) is 0 Å². The third kappa shape index (κ3) is 4.73. The molecule has 3 N–H and O–H groups in total. The van der Waals surface area contributed by atoms with Gasteiger partial charge in [-0.25, -0.2) is 18.1 Å². The second-order valence-corrected chi connectivity index (χ2v) is 8.73. The molecule has 10 heteroatoms. The van der Waals surface area contributed by atoms with Crippen LogP contribution < -0.4 is 10.7 Å². The van der Waals surface area contributed by atoms with Crippen LogP contribution in [-0.4, -0.2) is 56.4 Å². The molecule has 2 amide bonds. The minimum atomic E-state index is -3.57. The average molecular weight is 427 g/mol. The molecule has 1 heterocycles. The van der Waals surface area contributed by atoms with Crippen molar-refractivity contribution < 1.29 is 18.0 Å². The largest absolute Gasteiger partial charge is 0.361 e. The number of hydrogen-bond acceptors (Lipinski definition) is 5. The Balaban J connectivity index is 1.52. The van der Waals surface area contributed by atoms with E-state index in [2.05, 4.69) is 20.8 Å². The molecule has 0 saturated carbocycles. The highest BCUT2D eigenvalue weighted by Crippen LogP contribution is 2.15. The van der Waals surface area contributed by atoms with Gasteiger partial charge in [0.1, 0.15) is 0 Å². The second-order valence-electron chi connectivity index (χ2n) is 6.58. The van der Waals surface area contributed by atoms with E-state index in [1.165, 1.54) is 44.6 Å². The monoisotopic (exact) mass is 427 g/mol. The molecule has 0 spiro atoms. The minimum Gasteiger partial charge on any atom is -0.361 e. The predicted octanol–water partition coefficient (Wildman–Crippen LogP) is 1.30.